The predicted molar refractivity (Wildman–Crippen MR) is 104 cm³/mol. The Bertz CT molecular complexity index is 677. The van der Waals surface area contributed by atoms with Crippen molar-refractivity contribution in [2.75, 3.05) is 0 Å². The number of ether oxygens (including phenoxy) is 1. The van der Waals surface area contributed by atoms with E-state index in [9.17, 15) is 0 Å². The first-order valence-electron chi connectivity index (χ1n) is 9.71. The van der Waals surface area contributed by atoms with Crippen LogP contribution in [0.1, 0.15) is 65.4 Å². The molecule has 24 heavy (non-hydrogen) atoms. The molecule has 0 atom stereocenters. The fourth-order valence-corrected chi connectivity index (χ4v) is 4.01. The second-order valence-corrected chi connectivity index (χ2v) is 8.13. The van der Waals surface area contributed by atoms with Crippen LogP contribution in [0.5, 0.6) is 5.75 Å². The van der Waals surface area contributed by atoms with Gasteiger partial charge in [-0.1, -0.05) is 58.4 Å². The van der Waals surface area contributed by atoms with Crippen LogP contribution < -0.4 is 4.74 Å². The molecule has 0 radical (unpaired) electrons. The van der Waals surface area contributed by atoms with E-state index in [-0.39, 0.29) is 0 Å². The van der Waals surface area contributed by atoms with Crippen molar-refractivity contribution in [3.63, 3.8) is 0 Å². The summed E-state index contributed by atoms with van der Waals surface area (Å²) in [7, 11) is 0. The van der Waals surface area contributed by atoms with E-state index < -0.39 is 0 Å². The lowest BCUT2D eigenvalue weighted by Crippen LogP contribution is -2.31. The summed E-state index contributed by atoms with van der Waals surface area (Å²) in [5, 5.41) is 2.60. The van der Waals surface area contributed by atoms with Crippen LogP contribution in [0.15, 0.2) is 36.4 Å². The van der Waals surface area contributed by atoms with Crippen LogP contribution in [0.25, 0.3) is 10.8 Å². The standard InChI is InChI=1S/C23H32O/c1-5-17-7-8-19-16-22(12-9-18(19)15-17)24-21-13-10-20(11-14-21)23(3,4)6-2/h7-9,12,15-16,20-21H,5-6,10-11,13-14H2,1-4H3. The van der Waals surface area contributed by atoms with Gasteiger partial charge in [0, 0.05) is 0 Å². The third kappa shape index (κ3) is 3.77. The molecule has 130 valence electrons. The fraction of sp³-hybridized carbons (Fsp3) is 0.565. The van der Waals surface area contributed by atoms with Crippen molar-refractivity contribution in [1.29, 1.82) is 0 Å². The smallest absolute Gasteiger partial charge is 0.120 e. The number of hydrogen-bond donors (Lipinski definition) is 0. The fourth-order valence-electron chi connectivity index (χ4n) is 4.01. The highest BCUT2D eigenvalue weighted by Gasteiger charge is 2.32. The van der Waals surface area contributed by atoms with Crippen molar-refractivity contribution in [1.82, 2.24) is 0 Å². The molecule has 2 aromatic rings. The zero-order valence-corrected chi connectivity index (χ0v) is 15.8. The van der Waals surface area contributed by atoms with Crippen LogP contribution in [-0.4, -0.2) is 6.10 Å². The van der Waals surface area contributed by atoms with E-state index in [1.165, 1.54) is 48.4 Å². The minimum atomic E-state index is 0.390. The second kappa shape index (κ2) is 7.17. The molecule has 1 heteroatoms. The molecule has 0 saturated heterocycles. The van der Waals surface area contributed by atoms with Gasteiger partial charge in [-0.25, -0.2) is 0 Å². The Morgan fingerprint density at radius 3 is 2.25 bits per heavy atom. The van der Waals surface area contributed by atoms with Crippen LogP contribution in [0.3, 0.4) is 0 Å². The van der Waals surface area contributed by atoms with Crippen molar-refractivity contribution in [2.45, 2.75) is 72.3 Å². The summed E-state index contributed by atoms with van der Waals surface area (Å²) < 4.78 is 6.31. The summed E-state index contributed by atoms with van der Waals surface area (Å²) in [6.07, 6.45) is 7.75. The van der Waals surface area contributed by atoms with Gasteiger partial charge in [0.05, 0.1) is 6.10 Å². The molecular formula is C23H32O. The molecule has 3 rings (SSSR count). The number of hydrogen-bond acceptors (Lipinski definition) is 1. The minimum absolute atomic E-state index is 0.390. The Kier molecular flexibility index (Phi) is 5.18. The molecule has 0 heterocycles. The maximum atomic E-state index is 6.31. The summed E-state index contributed by atoms with van der Waals surface area (Å²) in [6, 6.07) is 13.3. The monoisotopic (exact) mass is 324 g/mol. The van der Waals surface area contributed by atoms with Crippen LogP contribution >= 0.6 is 0 Å². The highest BCUT2D eigenvalue weighted by molar-refractivity contribution is 5.84. The first-order valence-corrected chi connectivity index (χ1v) is 9.71. The molecule has 1 saturated carbocycles. The van der Waals surface area contributed by atoms with Crippen molar-refractivity contribution in [3.05, 3.63) is 42.0 Å². The van der Waals surface area contributed by atoms with E-state index in [1.807, 2.05) is 0 Å². The molecule has 0 spiro atoms. The Morgan fingerprint density at radius 1 is 0.917 bits per heavy atom. The van der Waals surface area contributed by atoms with Gasteiger partial charge in [-0.05, 0) is 71.9 Å². The Labute approximate surface area is 147 Å². The van der Waals surface area contributed by atoms with Gasteiger partial charge in [-0.2, -0.15) is 0 Å². The second-order valence-electron chi connectivity index (χ2n) is 8.13. The van der Waals surface area contributed by atoms with Gasteiger partial charge >= 0.3 is 0 Å². The topological polar surface area (TPSA) is 9.23 Å². The maximum Gasteiger partial charge on any atom is 0.120 e. The molecule has 0 amide bonds. The number of benzene rings is 2. The van der Waals surface area contributed by atoms with Gasteiger partial charge in [0.2, 0.25) is 0 Å². The molecule has 2 aromatic carbocycles. The van der Waals surface area contributed by atoms with Gasteiger partial charge < -0.3 is 4.74 Å². The Morgan fingerprint density at radius 2 is 1.58 bits per heavy atom. The largest absolute Gasteiger partial charge is 0.490 e. The van der Waals surface area contributed by atoms with Crippen molar-refractivity contribution in [2.24, 2.45) is 11.3 Å². The van der Waals surface area contributed by atoms with Gasteiger partial charge in [0.1, 0.15) is 5.75 Å². The number of rotatable bonds is 5. The Hall–Kier alpha value is -1.50. The molecule has 0 unspecified atom stereocenters. The lowest BCUT2D eigenvalue weighted by Gasteiger charge is -2.38. The number of fused-ring (bicyclic) bond motifs is 1. The van der Waals surface area contributed by atoms with Crippen LogP contribution in [0, 0.1) is 11.3 Å². The zero-order chi connectivity index (χ0) is 17.2. The van der Waals surface area contributed by atoms with Crippen LogP contribution in [-0.2, 0) is 6.42 Å². The average molecular weight is 325 g/mol. The first kappa shape index (κ1) is 17.3. The van der Waals surface area contributed by atoms with Crippen molar-refractivity contribution < 1.29 is 4.74 Å². The highest BCUT2D eigenvalue weighted by atomic mass is 16.5. The molecule has 0 bridgehead atoms. The van der Waals surface area contributed by atoms with Gasteiger partial charge in [-0.15, -0.1) is 0 Å². The quantitative estimate of drug-likeness (QED) is 0.589. The van der Waals surface area contributed by atoms with Gasteiger partial charge in [0.25, 0.3) is 0 Å². The lowest BCUT2D eigenvalue weighted by molar-refractivity contribution is 0.0780. The average Bonchev–Trinajstić information content (AvgIpc) is 2.61. The van der Waals surface area contributed by atoms with E-state index in [0.717, 1.165) is 18.1 Å². The lowest BCUT2D eigenvalue weighted by atomic mass is 9.69. The van der Waals surface area contributed by atoms with E-state index >= 15 is 0 Å². The van der Waals surface area contributed by atoms with E-state index in [2.05, 4.69) is 64.1 Å². The molecule has 1 nitrogen and oxygen atoms in total. The van der Waals surface area contributed by atoms with Crippen molar-refractivity contribution >= 4 is 10.8 Å². The third-order valence-corrected chi connectivity index (χ3v) is 6.28. The number of aryl methyl sites for hydroxylation is 1. The third-order valence-electron chi connectivity index (χ3n) is 6.28. The van der Waals surface area contributed by atoms with Gasteiger partial charge in [0.15, 0.2) is 0 Å². The highest BCUT2D eigenvalue weighted by Crippen LogP contribution is 2.41. The van der Waals surface area contributed by atoms with E-state index in [0.29, 0.717) is 11.5 Å². The van der Waals surface area contributed by atoms with Crippen molar-refractivity contribution in [3.8, 4) is 5.75 Å². The van der Waals surface area contributed by atoms with E-state index in [1.54, 1.807) is 0 Å². The summed E-state index contributed by atoms with van der Waals surface area (Å²) >= 11 is 0. The normalized spacial score (nSPS) is 21.8. The summed E-state index contributed by atoms with van der Waals surface area (Å²) in [5.74, 6) is 1.89. The summed E-state index contributed by atoms with van der Waals surface area (Å²) in [4.78, 5) is 0. The predicted octanol–water partition coefficient (Wildman–Crippen LogP) is 6.78. The van der Waals surface area contributed by atoms with Crippen LogP contribution in [0.2, 0.25) is 0 Å². The molecule has 0 aromatic heterocycles. The van der Waals surface area contributed by atoms with Gasteiger partial charge in [-0.3, -0.25) is 0 Å². The zero-order valence-electron chi connectivity index (χ0n) is 15.8. The maximum absolute atomic E-state index is 6.31. The molecule has 0 N–H and O–H groups in total. The molecule has 1 fully saturated rings. The first-order chi connectivity index (χ1) is 11.5. The SMILES string of the molecule is CCc1ccc2cc(OC3CCC(C(C)(C)CC)CC3)ccc2c1. The Balaban J connectivity index is 1.64. The molecule has 1 aliphatic carbocycles. The van der Waals surface area contributed by atoms with Crippen LogP contribution in [0.4, 0.5) is 0 Å². The molecule has 0 aliphatic heterocycles. The molecular weight excluding hydrogens is 292 g/mol. The molecule has 1 aliphatic rings. The minimum Gasteiger partial charge on any atom is -0.490 e. The summed E-state index contributed by atoms with van der Waals surface area (Å²) in [6.45, 7) is 9.37. The summed E-state index contributed by atoms with van der Waals surface area (Å²) in [5.41, 5.74) is 1.87. The van der Waals surface area contributed by atoms with E-state index in [4.69, 9.17) is 4.74 Å².